The molecule has 1 atom stereocenters. The highest BCUT2D eigenvalue weighted by atomic mass is 19.1. The maximum atomic E-state index is 13.0. The van der Waals surface area contributed by atoms with E-state index in [4.69, 9.17) is 9.72 Å². The van der Waals surface area contributed by atoms with E-state index in [9.17, 15) is 4.39 Å². The molecule has 0 radical (unpaired) electrons. The van der Waals surface area contributed by atoms with Gasteiger partial charge in [0.05, 0.1) is 25.6 Å². The average Bonchev–Trinajstić information content (AvgIpc) is 3.19. The second-order valence-electron chi connectivity index (χ2n) is 6.51. The quantitative estimate of drug-likeness (QED) is 0.799. The third-order valence-electron chi connectivity index (χ3n) is 4.88. The number of halogens is 1. The fourth-order valence-electron chi connectivity index (χ4n) is 3.35. The van der Waals surface area contributed by atoms with Gasteiger partial charge < -0.3 is 19.4 Å². The van der Waals surface area contributed by atoms with Gasteiger partial charge in [0.1, 0.15) is 5.82 Å². The van der Waals surface area contributed by atoms with Gasteiger partial charge in [-0.25, -0.2) is 19.3 Å². The summed E-state index contributed by atoms with van der Waals surface area (Å²) in [5.41, 5.74) is 0. The molecule has 2 aliphatic rings. The molecule has 2 saturated heterocycles. The lowest BCUT2D eigenvalue weighted by Gasteiger charge is -2.29. The first-order valence-corrected chi connectivity index (χ1v) is 8.82. The van der Waals surface area contributed by atoms with Gasteiger partial charge in [0.25, 0.3) is 0 Å². The van der Waals surface area contributed by atoms with E-state index >= 15 is 0 Å². The van der Waals surface area contributed by atoms with E-state index in [1.165, 1.54) is 12.4 Å². The number of hydrogen-bond donors (Lipinski definition) is 0. The molecule has 26 heavy (non-hydrogen) atoms. The molecule has 0 N–H and O–H groups in total. The van der Waals surface area contributed by atoms with Crippen LogP contribution in [0.25, 0.3) is 0 Å². The molecule has 2 aromatic rings. The topological polar surface area (TPSA) is 70.5 Å². The number of nitrogens with zero attached hydrogens (tertiary/aromatic N) is 7. The van der Waals surface area contributed by atoms with Crippen molar-refractivity contribution in [2.45, 2.75) is 12.5 Å². The van der Waals surface area contributed by atoms with Gasteiger partial charge in [-0.05, 0) is 12.5 Å². The van der Waals surface area contributed by atoms with Crippen molar-refractivity contribution < 1.29 is 9.13 Å². The predicted molar refractivity (Wildman–Crippen MR) is 96.1 cm³/mol. The normalized spacial score (nSPS) is 20.5. The fourth-order valence-corrected chi connectivity index (χ4v) is 3.35. The lowest BCUT2D eigenvalue weighted by molar-refractivity contribution is 0.122. The molecule has 2 aliphatic heterocycles. The Morgan fingerprint density at radius 1 is 1.08 bits per heavy atom. The Balaban J connectivity index is 1.44. The number of hydrogen-bond acceptors (Lipinski definition) is 8. The summed E-state index contributed by atoms with van der Waals surface area (Å²) < 4.78 is 18.4. The molecule has 4 rings (SSSR count). The van der Waals surface area contributed by atoms with Crippen molar-refractivity contribution in [3.63, 3.8) is 0 Å². The lowest BCUT2D eigenvalue weighted by atomic mass is 10.2. The van der Waals surface area contributed by atoms with E-state index in [0.29, 0.717) is 19.2 Å². The summed E-state index contributed by atoms with van der Waals surface area (Å²) in [7, 11) is 2.05. The molecular weight excluding hydrogens is 337 g/mol. The molecule has 9 heteroatoms. The SMILES string of the molecule is CN(c1ccnc(N2CCOCC2)n1)C1CCN(c2ncc(F)cn2)C1. The standard InChI is InChI=1S/C17H22FN7O/c1-23(14-3-5-25(12-14)16-20-10-13(18)11-21-16)15-2-4-19-17(22-15)24-6-8-26-9-7-24/h2,4,10-11,14H,3,5-9,12H2,1H3. The molecule has 0 saturated carbocycles. The summed E-state index contributed by atoms with van der Waals surface area (Å²) in [4.78, 5) is 23.7. The van der Waals surface area contributed by atoms with Gasteiger partial charge in [0.15, 0.2) is 5.82 Å². The van der Waals surface area contributed by atoms with Crippen molar-refractivity contribution in [1.29, 1.82) is 0 Å². The molecule has 0 aliphatic carbocycles. The first-order valence-electron chi connectivity index (χ1n) is 8.82. The monoisotopic (exact) mass is 359 g/mol. The van der Waals surface area contributed by atoms with Crippen molar-refractivity contribution in [3.8, 4) is 0 Å². The van der Waals surface area contributed by atoms with Gasteiger partial charge in [0, 0.05) is 45.5 Å². The zero-order valence-electron chi connectivity index (χ0n) is 14.8. The van der Waals surface area contributed by atoms with Crippen LogP contribution < -0.4 is 14.7 Å². The number of ether oxygens (including phenoxy) is 1. The highest BCUT2D eigenvalue weighted by Crippen LogP contribution is 2.23. The highest BCUT2D eigenvalue weighted by Gasteiger charge is 2.28. The van der Waals surface area contributed by atoms with Gasteiger partial charge in [-0.1, -0.05) is 0 Å². The maximum Gasteiger partial charge on any atom is 0.227 e. The molecule has 0 aromatic carbocycles. The second-order valence-corrected chi connectivity index (χ2v) is 6.51. The van der Waals surface area contributed by atoms with Crippen LogP contribution in [0.2, 0.25) is 0 Å². The third kappa shape index (κ3) is 3.52. The highest BCUT2D eigenvalue weighted by molar-refractivity contribution is 5.46. The molecule has 4 heterocycles. The zero-order valence-corrected chi connectivity index (χ0v) is 14.8. The van der Waals surface area contributed by atoms with Crippen LogP contribution in [-0.2, 0) is 4.74 Å². The Morgan fingerprint density at radius 2 is 1.85 bits per heavy atom. The summed E-state index contributed by atoms with van der Waals surface area (Å²) in [6, 6.07) is 2.22. The Hall–Kier alpha value is -2.55. The van der Waals surface area contributed by atoms with Crippen molar-refractivity contribution in [2.24, 2.45) is 0 Å². The van der Waals surface area contributed by atoms with Crippen molar-refractivity contribution in [1.82, 2.24) is 19.9 Å². The molecule has 1 unspecified atom stereocenters. The maximum absolute atomic E-state index is 13.0. The van der Waals surface area contributed by atoms with Gasteiger partial charge in [0.2, 0.25) is 11.9 Å². The molecule has 138 valence electrons. The summed E-state index contributed by atoms with van der Waals surface area (Å²) in [5.74, 6) is 1.79. The van der Waals surface area contributed by atoms with Crippen molar-refractivity contribution >= 4 is 17.7 Å². The number of morpholine rings is 1. The van der Waals surface area contributed by atoms with Crippen LogP contribution in [0.5, 0.6) is 0 Å². The number of rotatable bonds is 4. The van der Waals surface area contributed by atoms with Crippen molar-refractivity contribution in [2.75, 3.05) is 61.1 Å². The largest absolute Gasteiger partial charge is 0.378 e. The van der Waals surface area contributed by atoms with E-state index in [1.54, 1.807) is 6.20 Å². The van der Waals surface area contributed by atoms with Crippen molar-refractivity contribution in [3.05, 3.63) is 30.5 Å². The van der Waals surface area contributed by atoms with E-state index in [-0.39, 0.29) is 6.04 Å². The third-order valence-corrected chi connectivity index (χ3v) is 4.88. The molecule has 2 aromatic heterocycles. The molecule has 2 fully saturated rings. The molecular formula is C17H22FN7O. The molecule has 0 amide bonds. The minimum absolute atomic E-state index is 0.288. The summed E-state index contributed by atoms with van der Waals surface area (Å²) >= 11 is 0. The molecule has 0 spiro atoms. The molecule has 0 bridgehead atoms. The lowest BCUT2D eigenvalue weighted by Crippen LogP contribution is -2.38. The van der Waals surface area contributed by atoms with Gasteiger partial charge in [-0.2, -0.15) is 4.98 Å². The van der Waals surface area contributed by atoms with Gasteiger partial charge >= 0.3 is 0 Å². The summed E-state index contributed by atoms with van der Waals surface area (Å²) in [5, 5.41) is 0. The first kappa shape index (κ1) is 16.9. The smallest absolute Gasteiger partial charge is 0.227 e. The number of aromatic nitrogens is 4. The van der Waals surface area contributed by atoms with Gasteiger partial charge in [-0.15, -0.1) is 0 Å². The second kappa shape index (κ2) is 7.36. The minimum atomic E-state index is -0.418. The average molecular weight is 359 g/mol. The fraction of sp³-hybridized carbons (Fsp3) is 0.529. The minimum Gasteiger partial charge on any atom is -0.378 e. The Labute approximate surface area is 151 Å². The summed E-state index contributed by atoms with van der Waals surface area (Å²) in [6.45, 7) is 4.65. The van der Waals surface area contributed by atoms with Crippen LogP contribution in [0, 0.1) is 5.82 Å². The number of anilines is 3. The predicted octanol–water partition coefficient (Wildman–Crippen LogP) is 0.957. The van der Waals surface area contributed by atoms with E-state index in [0.717, 1.165) is 44.4 Å². The first-order chi connectivity index (χ1) is 12.7. The van der Waals surface area contributed by atoms with Crippen LogP contribution in [-0.4, -0.2) is 72.4 Å². The van der Waals surface area contributed by atoms with E-state index in [2.05, 4.69) is 29.7 Å². The van der Waals surface area contributed by atoms with Gasteiger partial charge in [-0.3, -0.25) is 0 Å². The number of likely N-dealkylation sites (N-methyl/N-ethyl adjacent to an activating group) is 1. The Bertz CT molecular complexity index is 738. The van der Waals surface area contributed by atoms with E-state index < -0.39 is 5.82 Å². The van der Waals surface area contributed by atoms with Crippen LogP contribution >= 0.6 is 0 Å². The summed E-state index contributed by atoms with van der Waals surface area (Å²) in [6.07, 6.45) is 5.18. The Kier molecular flexibility index (Phi) is 4.79. The van der Waals surface area contributed by atoms with Crippen LogP contribution in [0.15, 0.2) is 24.7 Å². The van der Waals surface area contributed by atoms with Crippen LogP contribution in [0.1, 0.15) is 6.42 Å². The van der Waals surface area contributed by atoms with E-state index in [1.807, 2.05) is 13.1 Å². The zero-order chi connectivity index (χ0) is 17.9. The van der Waals surface area contributed by atoms with Crippen LogP contribution in [0.3, 0.4) is 0 Å². The molecule has 8 nitrogen and oxygen atoms in total. The Morgan fingerprint density at radius 3 is 2.62 bits per heavy atom. The van der Waals surface area contributed by atoms with Crippen LogP contribution in [0.4, 0.5) is 22.1 Å².